The Morgan fingerprint density at radius 3 is 2.48 bits per heavy atom. The van der Waals surface area contributed by atoms with Gasteiger partial charge < -0.3 is 15.4 Å². The fourth-order valence-electron chi connectivity index (χ4n) is 2.73. The van der Waals surface area contributed by atoms with Crippen LogP contribution in [0.1, 0.15) is 25.8 Å². The highest BCUT2D eigenvalue weighted by Gasteiger charge is 2.09. The molecule has 0 saturated heterocycles. The lowest BCUT2D eigenvalue weighted by molar-refractivity contribution is 0.410. The number of para-hydroxylation sites is 1. The summed E-state index contributed by atoms with van der Waals surface area (Å²) in [6.07, 6.45) is 1.02. The maximum atomic E-state index is 5.42. The molecular weight excluding hydrogens is 336 g/mol. The molecule has 3 rings (SSSR count). The Kier molecular flexibility index (Phi) is 6.26. The van der Waals surface area contributed by atoms with Gasteiger partial charge >= 0.3 is 0 Å². The molecule has 5 heteroatoms. The number of nitrogens with one attached hydrogen (secondary N) is 2. The number of nitrogens with zero attached hydrogens (tertiary/aromatic N) is 2. The monoisotopic (exact) mass is 362 g/mol. The van der Waals surface area contributed by atoms with E-state index < -0.39 is 0 Å². The zero-order valence-electron chi connectivity index (χ0n) is 16.1. The third-order valence-electron chi connectivity index (χ3n) is 4.43. The van der Waals surface area contributed by atoms with E-state index in [0.29, 0.717) is 18.5 Å². The standard InChI is InChI=1S/C22H26N4O/c1-4-16(2)24-21-14-19(17-10-6-5-7-11-17)25-22(26-21)23-15-18-12-8-9-13-20(18)27-3/h5-14,16H,4,15H2,1-3H3,(H2,23,24,25,26). The molecule has 1 atom stereocenters. The number of aromatic nitrogens is 2. The second kappa shape index (κ2) is 9.03. The minimum Gasteiger partial charge on any atom is -0.496 e. The third-order valence-corrected chi connectivity index (χ3v) is 4.43. The Balaban J connectivity index is 1.87. The largest absolute Gasteiger partial charge is 0.496 e. The van der Waals surface area contributed by atoms with Gasteiger partial charge in [-0.2, -0.15) is 4.98 Å². The third kappa shape index (κ3) is 4.97. The van der Waals surface area contributed by atoms with Crippen LogP contribution in [-0.2, 0) is 6.54 Å². The summed E-state index contributed by atoms with van der Waals surface area (Å²) < 4.78 is 5.42. The van der Waals surface area contributed by atoms with E-state index in [9.17, 15) is 0 Å². The first-order valence-electron chi connectivity index (χ1n) is 9.26. The van der Waals surface area contributed by atoms with E-state index in [0.717, 1.165) is 34.8 Å². The molecule has 1 unspecified atom stereocenters. The number of anilines is 2. The van der Waals surface area contributed by atoms with Crippen LogP contribution in [0.2, 0.25) is 0 Å². The van der Waals surface area contributed by atoms with Gasteiger partial charge in [-0.3, -0.25) is 0 Å². The molecule has 3 aromatic rings. The van der Waals surface area contributed by atoms with Gasteiger partial charge in [0.1, 0.15) is 11.6 Å². The fraction of sp³-hybridized carbons (Fsp3) is 0.273. The molecule has 0 aliphatic carbocycles. The molecule has 5 nitrogen and oxygen atoms in total. The van der Waals surface area contributed by atoms with Crippen LogP contribution in [-0.4, -0.2) is 23.1 Å². The molecule has 2 aromatic carbocycles. The quantitative estimate of drug-likeness (QED) is 0.592. The molecular formula is C22H26N4O. The molecule has 0 spiro atoms. The summed E-state index contributed by atoms with van der Waals surface area (Å²) in [5.74, 6) is 2.26. The fourth-order valence-corrected chi connectivity index (χ4v) is 2.73. The first kappa shape index (κ1) is 18.7. The van der Waals surface area contributed by atoms with Crippen molar-refractivity contribution in [1.82, 2.24) is 9.97 Å². The Bertz CT molecular complexity index is 867. The van der Waals surface area contributed by atoms with Gasteiger partial charge in [-0.05, 0) is 19.4 Å². The zero-order valence-corrected chi connectivity index (χ0v) is 16.1. The van der Waals surface area contributed by atoms with E-state index in [2.05, 4.69) is 41.6 Å². The van der Waals surface area contributed by atoms with Crippen LogP contribution >= 0.6 is 0 Å². The van der Waals surface area contributed by atoms with Crippen LogP contribution in [0.5, 0.6) is 5.75 Å². The van der Waals surface area contributed by atoms with Crippen molar-refractivity contribution in [3.05, 3.63) is 66.2 Å². The van der Waals surface area contributed by atoms with E-state index in [-0.39, 0.29) is 0 Å². The van der Waals surface area contributed by atoms with Gasteiger partial charge in [0.15, 0.2) is 0 Å². The van der Waals surface area contributed by atoms with Gasteiger partial charge in [0.05, 0.1) is 12.8 Å². The predicted molar refractivity (Wildman–Crippen MR) is 111 cm³/mol. The summed E-state index contributed by atoms with van der Waals surface area (Å²) in [6.45, 7) is 4.88. The SMILES string of the molecule is CCC(C)Nc1cc(-c2ccccc2)nc(NCc2ccccc2OC)n1. The van der Waals surface area contributed by atoms with E-state index in [4.69, 9.17) is 9.72 Å². The lowest BCUT2D eigenvalue weighted by atomic mass is 10.1. The highest BCUT2D eigenvalue weighted by Crippen LogP contribution is 2.23. The second-order valence-electron chi connectivity index (χ2n) is 6.45. The van der Waals surface area contributed by atoms with Gasteiger partial charge in [-0.25, -0.2) is 4.98 Å². The van der Waals surface area contributed by atoms with Crippen LogP contribution in [0.3, 0.4) is 0 Å². The van der Waals surface area contributed by atoms with Crippen LogP contribution < -0.4 is 15.4 Å². The first-order valence-corrected chi connectivity index (χ1v) is 9.26. The van der Waals surface area contributed by atoms with E-state index in [1.807, 2.05) is 48.5 Å². The molecule has 1 aromatic heterocycles. The minimum atomic E-state index is 0.339. The number of hydrogen-bond donors (Lipinski definition) is 2. The maximum absolute atomic E-state index is 5.42. The number of ether oxygens (including phenoxy) is 1. The molecule has 0 fully saturated rings. The van der Waals surface area contributed by atoms with E-state index >= 15 is 0 Å². The van der Waals surface area contributed by atoms with Gasteiger partial charge in [0, 0.05) is 29.8 Å². The molecule has 0 aliphatic heterocycles. The summed E-state index contributed by atoms with van der Waals surface area (Å²) in [6, 6.07) is 20.4. The predicted octanol–water partition coefficient (Wildman–Crippen LogP) is 4.97. The van der Waals surface area contributed by atoms with Gasteiger partial charge in [-0.15, -0.1) is 0 Å². The summed E-state index contributed by atoms with van der Waals surface area (Å²) in [4.78, 5) is 9.35. The van der Waals surface area contributed by atoms with Gasteiger partial charge in [0.2, 0.25) is 5.95 Å². The topological polar surface area (TPSA) is 59.1 Å². The summed E-state index contributed by atoms with van der Waals surface area (Å²) in [7, 11) is 1.68. The Morgan fingerprint density at radius 1 is 1.00 bits per heavy atom. The summed E-state index contributed by atoms with van der Waals surface area (Å²) >= 11 is 0. The Labute approximate surface area is 160 Å². The molecule has 0 bridgehead atoms. The van der Waals surface area contributed by atoms with Gasteiger partial charge in [-0.1, -0.05) is 55.5 Å². The molecule has 0 radical (unpaired) electrons. The van der Waals surface area contributed by atoms with Crippen molar-refractivity contribution >= 4 is 11.8 Å². The number of rotatable bonds is 8. The van der Waals surface area contributed by atoms with Crippen LogP contribution in [0.15, 0.2) is 60.7 Å². The highest BCUT2D eigenvalue weighted by molar-refractivity contribution is 5.64. The van der Waals surface area contributed by atoms with Crippen molar-refractivity contribution in [2.75, 3.05) is 17.7 Å². The highest BCUT2D eigenvalue weighted by atomic mass is 16.5. The number of benzene rings is 2. The smallest absolute Gasteiger partial charge is 0.225 e. The van der Waals surface area contributed by atoms with Crippen molar-refractivity contribution in [2.24, 2.45) is 0 Å². The van der Waals surface area contributed by atoms with Crippen LogP contribution in [0.25, 0.3) is 11.3 Å². The molecule has 1 heterocycles. The van der Waals surface area contributed by atoms with Crippen molar-refractivity contribution < 1.29 is 4.74 Å². The van der Waals surface area contributed by atoms with Crippen molar-refractivity contribution in [1.29, 1.82) is 0 Å². The van der Waals surface area contributed by atoms with Crippen molar-refractivity contribution in [2.45, 2.75) is 32.9 Å². The molecule has 2 N–H and O–H groups in total. The normalized spacial score (nSPS) is 11.7. The average molecular weight is 362 g/mol. The van der Waals surface area contributed by atoms with Crippen LogP contribution in [0, 0.1) is 0 Å². The number of methoxy groups -OCH3 is 1. The number of hydrogen-bond acceptors (Lipinski definition) is 5. The molecule has 0 saturated carbocycles. The summed E-state index contributed by atoms with van der Waals surface area (Å²) in [5, 5.41) is 6.78. The lowest BCUT2D eigenvalue weighted by Gasteiger charge is -2.15. The summed E-state index contributed by atoms with van der Waals surface area (Å²) in [5.41, 5.74) is 3.01. The van der Waals surface area contributed by atoms with E-state index in [1.165, 1.54) is 0 Å². The maximum Gasteiger partial charge on any atom is 0.225 e. The second-order valence-corrected chi connectivity index (χ2v) is 6.45. The van der Waals surface area contributed by atoms with Gasteiger partial charge in [0.25, 0.3) is 0 Å². The van der Waals surface area contributed by atoms with Crippen molar-refractivity contribution in [3.63, 3.8) is 0 Å². The molecule has 27 heavy (non-hydrogen) atoms. The Hall–Kier alpha value is -3.08. The Morgan fingerprint density at radius 2 is 1.74 bits per heavy atom. The van der Waals surface area contributed by atoms with Crippen molar-refractivity contribution in [3.8, 4) is 17.0 Å². The minimum absolute atomic E-state index is 0.339. The van der Waals surface area contributed by atoms with E-state index in [1.54, 1.807) is 7.11 Å². The lowest BCUT2D eigenvalue weighted by Crippen LogP contribution is -2.16. The molecule has 0 amide bonds. The zero-order chi connectivity index (χ0) is 19.1. The molecule has 140 valence electrons. The first-order chi connectivity index (χ1) is 13.2. The molecule has 0 aliphatic rings. The average Bonchev–Trinajstić information content (AvgIpc) is 2.72. The van der Waals surface area contributed by atoms with Crippen LogP contribution in [0.4, 0.5) is 11.8 Å².